The van der Waals surface area contributed by atoms with Gasteiger partial charge in [-0.1, -0.05) is 23.7 Å². The molecule has 0 aliphatic heterocycles. The Balaban J connectivity index is 1.66. The second-order valence-corrected chi connectivity index (χ2v) is 6.08. The molecule has 0 amide bonds. The second kappa shape index (κ2) is 6.18. The third-order valence-electron chi connectivity index (χ3n) is 4.08. The minimum absolute atomic E-state index is 0.0773. The van der Waals surface area contributed by atoms with Gasteiger partial charge in [-0.3, -0.25) is 4.98 Å². The van der Waals surface area contributed by atoms with Gasteiger partial charge in [-0.05, 0) is 35.9 Å². The Morgan fingerprint density at radius 3 is 2.64 bits per heavy atom. The molecule has 1 N–H and O–H groups in total. The van der Waals surface area contributed by atoms with E-state index < -0.39 is 0 Å². The van der Waals surface area contributed by atoms with E-state index in [1.807, 2.05) is 6.07 Å². The van der Waals surface area contributed by atoms with Crippen LogP contribution in [-0.2, 0) is 6.54 Å². The third-order valence-corrected chi connectivity index (χ3v) is 4.31. The molecule has 0 fully saturated rings. The maximum absolute atomic E-state index is 14.5. The molecule has 4 aromatic rings. The number of nitrogens with zero attached hydrogens (tertiary/aromatic N) is 3. The van der Waals surface area contributed by atoms with E-state index in [0.717, 1.165) is 5.56 Å². The van der Waals surface area contributed by atoms with Gasteiger partial charge in [0.1, 0.15) is 11.0 Å². The van der Waals surface area contributed by atoms with Crippen LogP contribution in [0.2, 0.25) is 5.15 Å². The van der Waals surface area contributed by atoms with Crippen molar-refractivity contribution >= 4 is 22.5 Å². The number of aromatic hydroxyl groups is 1. The predicted molar refractivity (Wildman–Crippen MR) is 95.1 cm³/mol. The summed E-state index contributed by atoms with van der Waals surface area (Å²) in [5, 5.41) is 11.3. The molecule has 0 aliphatic carbocycles. The van der Waals surface area contributed by atoms with E-state index in [-0.39, 0.29) is 18.2 Å². The maximum Gasteiger partial charge on any atom is 0.201 e. The molecule has 0 atom stereocenters. The fourth-order valence-electron chi connectivity index (χ4n) is 2.78. The Hall–Kier alpha value is -2.92. The Labute approximate surface area is 148 Å². The van der Waals surface area contributed by atoms with Gasteiger partial charge in [-0.25, -0.2) is 9.37 Å². The van der Waals surface area contributed by atoms with E-state index in [2.05, 4.69) is 9.97 Å². The molecule has 6 heteroatoms. The van der Waals surface area contributed by atoms with Crippen molar-refractivity contribution in [2.45, 2.75) is 6.54 Å². The zero-order chi connectivity index (χ0) is 17.4. The molecular weight excluding hydrogens is 341 g/mol. The van der Waals surface area contributed by atoms with Crippen molar-refractivity contribution in [1.82, 2.24) is 14.5 Å². The molecule has 3 heterocycles. The van der Waals surface area contributed by atoms with Crippen molar-refractivity contribution < 1.29 is 9.50 Å². The van der Waals surface area contributed by atoms with E-state index >= 15 is 0 Å². The van der Waals surface area contributed by atoms with Crippen molar-refractivity contribution in [1.29, 1.82) is 0 Å². The monoisotopic (exact) mass is 353 g/mol. The fourth-order valence-corrected chi connectivity index (χ4v) is 2.89. The SMILES string of the molecule is Oc1c2cccnc2cn1Cc1ccc(-c2ccc(Cl)nc2)cc1F. The molecule has 0 bridgehead atoms. The summed E-state index contributed by atoms with van der Waals surface area (Å²) in [6.07, 6.45) is 4.97. The van der Waals surface area contributed by atoms with Crippen LogP contribution in [0, 0.1) is 5.82 Å². The summed E-state index contributed by atoms with van der Waals surface area (Å²) in [6, 6.07) is 12.0. The quantitative estimate of drug-likeness (QED) is 0.546. The van der Waals surface area contributed by atoms with Gasteiger partial charge in [0.15, 0.2) is 0 Å². The lowest BCUT2D eigenvalue weighted by Crippen LogP contribution is -2.00. The van der Waals surface area contributed by atoms with Gasteiger partial charge in [0, 0.05) is 29.7 Å². The molecular formula is C19H13ClFN3O. The first-order chi connectivity index (χ1) is 12.1. The Morgan fingerprint density at radius 1 is 1.08 bits per heavy atom. The number of aromatic nitrogens is 3. The highest BCUT2D eigenvalue weighted by atomic mass is 35.5. The van der Waals surface area contributed by atoms with Gasteiger partial charge >= 0.3 is 0 Å². The van der Waals surface area contributed by atoms with E-state index in [0.29, 0.717) is 27.2 Å². The molecule has 4 nitrogen and oxygen atoms in total. The smallest absolute Gasteiger partial charge is 0.201 e. The van der Waals surface area contributed by atoms with E-state index in [1.54, 1.807) is 53.5 Å². The first-order valence-corrected chi connectivity index (χ1v) is 8.03. The Kier molecular flexibility index (Phi) is 3.86. The van der Waals surface area contributed by atoms with Gasteiger partial charge < -0.3 is 9.67 Å². The van der Waals surface area contributed by atoms with Crippen molar-refractivity contribution in [3.8, 4) is 17.0 Å². The van der Waals surface area contributed by atoms with Crippen molar-refractivity contribution in [3.05, 3.63) is 77.6 Å². The van der Waals surface area contributed by atoms with Crippen LogP contribution in [-0.4, -0.2) is 19.6 Å². The average molecular weight is 354 g/mol. The summed E-state index contributed by atoms with van der Waals surface area (Å²) in [7, 11) is 0. The summed E-state index contributed by atoms with van der Waals surface area (Å²) in [5.41, 5.74) is 2.65. The minimum Gasteiger partial charge on any atom is -0.494 e. The van der Waals surface area contributed by atoms with Crippen LogP contribution < -0.4 is 0 Å². The van der Waals surface area contributed by atoms with Crippen molar-refractivity contribution in [2.24, 2.45) is 0 Å². The van der Waals surface area contributed by atoms with Gasteiger partial charge in [-0.2, -0.15) is 0 Å². The summed E-state index contributed by atoms with van der Waals surface area (Å²) in [5.74, 6) is -0.272. The normalized spacial score (nSPS) is 11.1. The number of rotatable bonds is 3. The Morgan fingerprint density at radius 2 is 1.92 bits per heavy atom. The molecule has 0 radical (unpaired) electrons. The topological polar surface area (TPSA) is 50.9 Å². The summed E-state index contributed by atoms with van der Waals surface area (Å²) in [4.78, 5) is 8.21. The van der Waals surface area contributed by atoms with Crippen molar-refractivity contribution in [2.75, 3.05) is 0 Å². The van der Waals surface area contributed by atoms with Gasteiger partial charge in [0.05, 0.1) is 17.4 Å². The highest BCUT2D eigenvalue weighted by molar-refractivity contribution is 6.29. The molecule has 0 aliphatic rings. The van der Waals surface area contributed by atoms with Gasteiger partial charge in [0.25, 0.3) is 0 Å². The predicted octanol–water partition coefficient (Wildman–Crippen LogP) is 4.64. The van der Waals surface area contributed by atoms with Crippen molar-refractivity contribution in [3.63, 3.8) is 0 Å². The Bertz CT molecular complexity index is 1060. The molecule has 0 saturated carbocycles. The second-order valence-electron chi connectivity index (χ2n) is 5.69. The highest BCUT2D eigenvalue weighted by Crippen LogP contribution is 2.28. The molecule has 0 unspecified atom stereocenters. The lowest BCUT2D eigenvalue weighted by molar-refractivity contribution is 0.428. The van der Waals surface area contributed by atoms with Crippen LogP contribution >= 0.6 is 11.6 Å². The van der Waals surface area contributed by atoms with Gasteiger partial charge in [-0.15, -0.1) is 0 Å². The molecule has 1 aromatic carbocycles. The largest absolute Gasteiger partial charge is 0.494 e. The number of halogens is 2. The molecule has 4 rings (SSSR count). The van der Waals surface area contributed by atoms with E-state index in [1.165, 1.54) is 6.07 Å². The third kappa shape index (κ3) is 2.94. The van der Waals surface area contributed by atoms with Crippen LogP contribution in [0.15, 0.2) is 61.1 Å². The molecule has 3 aromatic heterocycles. The van der Waals surface area contributed by atoms with Crippen LogP contribution in [0.4, 0.5) is 4.39 Å². The lowest BCUT2D eigenvalue weighted by atomic mass is 10.1. The fraction of sp³-hybridized carbons (Fsp3) is 0.0526. The highest BCUT2D eigenvalue weighted by Gasteiger charge is 2.12. The van der Waals surface area contributed by atoms with Crippen LogP contribution in [0.5, 0.6) is 5.88 Å². The summed E-state index contributed by atoms with van der Waals surface area (Å²) >= 11 is 5.78. The summed E-state index contributed by atoms with van der Waals surface area (Å²) < 4.78 is 16.1. The first-order valence-electron chi connectivity index (χ1n) is 7.65. The number of fused-ring (bicyclic) bond motifs is 1. The molecule has 25 heavy (non-hydrogen) atoms. The zero-order valence-corrected chi connectivity index (χ0v) is 13.8. The van der Waals surface area contributed by atoms with E-state index in [4.69, 9.17) is 11.6 Å². The first kappa shape index (κ1) is 15.6. The zero-order valence-electron chi connectivity index (χ0n) is 13.0. The van der Waals surface area contributed by atoms with Crippen LogP contribution in [0.3, 0.4) is 0 Å². The molecule has 124 valence electrons. The molecule has 0 saturated heterocycles. The van der Waals surface area contributed by atoms with Crippen LogP contribution in [0.25, 0.3) is 22.0 Å². The lowest BCUT2D eigenvalue weighted by Gasteiger charge is -2.08. The van der Waals surface area contributed by atoms with Gasteiger partial charge in [0.2, 0.25) is 5.88 Å². The summed E-state index contributed by atoms with van der Waals surface area (Å²) in [6.45, 7) is 0.215. The standard InChI is InChI=1S/C19H13ClFN3O/c20-18-6-5-13(9-23-18)12-3-4-14(16(21)8-12)10-24-11-17-15(19(24)25)2-1-7-22-17/h1-9,11,25H,10H2. The van der Waals surface area contributed by atoms with E-state index in [9.17, 15) is 9.50 Å². The minimum atomic E-state index is -0.349. The molecule has 0 spiro atoms. The number of benzene rings is 1. The number of hydrogen-bond donors (Lipinski definition) is 1. The average Bonchev–Trinajstić information content (AvgIpc) is 2.94. The number of hydrogen-bond acceptors (Lipinski definition) is 3. The number of pyridine rings is 2. The van der Waals surface area contributed by atoms with Crippen LogP contribution in [0.1, 0.15) is 5.56 Å². The maximum atomic E-state index is 14.5.